The molecule has 2 fully saturated rings. The molecule has 0 radical (unpaired) electrons. The third-order valence-corrected chi connectivity index (χ3v) is 5.14. The van der Waals surface area contributed by atoms with Crippen molar-refractivity contribution in [3.8, 4) is 0 Å². The SMILES string of the molecule is COC(=O)C1(C(=O)OC)C[C@@H]2CCON2[C@@H]1c1ccc(Br)cc1. The topological polar surface area (TPSA) is 65.1 Å². The van der Waals surface area contributed by atoms with Crippen molar-refractivity contribution in [2.45, 2.75) is 24.9 Å². The van der Waals surface area contributed by atoms with Crippen molar-refractivity contribution < 1.29 is 23.9 Å². The van der Waals surface area contributed by atoms with Crippen molar-refractivity contribution in [1.82, 2.24) is 5.06 Å². The molecule has 2 heterocycles. The largest absolute Gasteiger partial charge is 0.468 e. The summed E-state index contributed by atoms with van der Waals surface area (Å²) in [6, 6.07) is 6.92. The number of halogens is 1. The van der Waals surface area contributed by atoms with Crippen LogP contribution in [0.2, 0.25) is 0 Å². The van der Waals surface area contributed by atoms with E-state index in [1.165, 1.54) is 14.2 Å². The molecule has 0 aliphatic carbocycles. The molecular weight excluding hydrogens is 366 g/mol. The first-order chi connectivity index (χ1) is 11.0. The van der Waals surface area contributed by atoms with Crippen LogP contribution in [-0.4, -0.2) is 43.9 Å². The first kappa shape index (κ1) is 16.4. The number of carbonyl (C=O) groups excluding carboxylic acids is 2. The fourth-order valence-electron chi connectivity index (χ4n) is 3.62. The number of fused-ring (bicyclic) bond motifs is 1. The molecule has 6 nitrogen and oxygen atoms in total. The first-order valence-electron chi connectivity index (χ1n) is 7.38. The molecule has 2 saturated heterocycles. The Hall–Kier alpha value is -1.44. The molecule has 1 aromatic rings. The highest BCUT2D eigenvalue weighted by Crippen LogP contribution is 2.54. The van der Waals surface area contributed by atoms with Gasteiger partial charge in [-0.1, -0.05) is 28.1 Å². The van der Waals surface area contributed by atoms with Gasteiger partial charge < -0.3 is 9.47 Å². The third kappa shape index (κ3) is 2.47. The van der Waals surface area contributed by atoms with E-state index in [4.69, 9.17) is 14.3 Å². The fourth-order valence-corrected chi connectivity index (χ4v) is 3.88. The van der Waals surface area contributed by atoms with Gasteiger partial charge in [0, 0.05) is 10.5 Å². The van der Waals surface area contributed by atoms with E-state index in [1.54, 1.807) is 5.06 Å². The van der Waals surface area contributed by atoms with Crippen LogP contribution in [0.4, 0.5) is 0 Å². The maximum absolute atomic E-state index is 12.6. The second-order valence-electron chi connectivity index (χ2n) is 5.75. The van der Waals surface area contributed by atoms with Crippen molar-refractivity contribution in [2.24, 2.45) is 5.41 Å². The zero-order valence-corrected chi connectivity index (χ0v) is 14.5. The molecule has 0 spiro atoms. The quantitative estimate of drug-likeness (QED) is 0.588. The van der Waals surface area contributed by atoms with E-state index in [0.29, 0.717) is 13.0 Å². The molecule has 0 bridgehead atoms. The summed E-state index contributed by atoms with van der Waals surface area (Å²) < 4.78 is 10.9. The van der Waals surface area contributed by atoms with Gasteiger partial charge in [-0.25, -0.2) is 0 Å². The number of hydrogen-bond acceptors (Lipinski definition) is 6. The number of methoxy groups -OCH3 is 2. The van der Waals surface area contributed by atoms with Crippen LogP contribution in [0.15, 0.2) is 28.7 Å². The van der Waals surface area contributed by atoms with Gasteiger partial charge in [0.15, 0.2) is 5.41 Å². The normalized spacial score (nSPS) is 25.9. The van der Waals surface area contributed by atoms with Gasteiger partial charge >= 0.3 is 11.9 Å². The first-order valence-corrected chi connectivity index (χ1v) is 8.17. The van der Waals surface area contributed by atoms with E-state index in [-0.39, 0.29) is 6.04 Å². The lowest BCUT2D eigenvalue weighted by molar-refractivity contribution is -0.187. The fraction of sp³-hybridized carbons (Fsp3) is 0.500. The number of hydroxylamine groups is 2. The highest BCUT2D eigenvalue weighted by atomic mass is 79.9. The number of esters is 2. The highest BCUT2D eigenvalue weighted by molar-refractivity contribution is 9.10. The van der Waals surface area contributed by atoms with Crippen molar-refractivity contribution >= 4 is 27.9 Å². The maximum Gasteiger partial charge on any atom is 0.325 e. The van der Waals surface area contributed by atoms with Crippen LogP contribution < -0.4 is 0 Å². The predicted molar refractivity (Wildman–Crippen MR) is 84.2 cm³/mol. The minimum absolute atomic E-state index is 0.0122. The summed E-state index contributed by atoms with van der Waals surface area (Å²) in [5.41, 5.74) is -0.601. The number of hydrogen-bond donors (Lipinski definition) is 0. The molecule has 3 rings (SSSR count). The molecule has 1 aromatic carbocycles. The molecule has 0 aromatic heterocycles. The lowest BCUT2D eigenvalue weighted by Gasteiger charge is -2.32. The van der Waals surface area contributed by atoms with Crippen LogP contribution in [0.25, 0.3) is 0 Å². The number of ether oxygens (including phenoxy) is 2. The van der Waals surface area contributed by atoms with Gasteiger partial charge in [-0.15, -0.1) is 0 Å². The minimum atomic E-state index is -1.41. The molecule has 0 unspecified atom stereocenters. The van der Waals surface area contributed by atoms with E-state index in [9.17, 15) is 9.59 Å². The van der Waals surface area contributed by atoms with Gasteiger partial charge in [-0.05, 0) is 30.5 Å². The number of carbonyl (C=O) groups is 2. The smallest absolute Gasteiger partial charge is 0.325 e. The summed E-state index contributed by atoms with van der Waals surface area (Å²) in [5, 5.41) is 1.76. The molecule has 2 aliphatic heterocycles. The molecule has 23 heavy (non-hydrogen) atoms. The Morgan fingerprint density at radius 1 is 1.22 bits per heavy atom. The summed E-state index contributed by atoms with van der Waals surface area (Å²) in [4.78, 5) is 30.9. The summed E-state index contributed by atoms with van der Waals surface area (Å²) in [5.74, 6) is -1.18. The van der Waals surface area contributed by atoms with Crippen LogP contribution in [0.5, 0.6) is 0 Å². The Morgan fingerprint density at radius 3 is 2.39 bits per heavy atom. The number of nitrogens with zero attached hydrogens (tertiary/aromatic N) is 1. The second kappa shape index (κ2) is 6.22. The van der Waals surface area contributed by atoms with Gasteiger partial charge in [0.2, 0.25) is 0 Å². The molecule has 0 amide bonds. The molecule has 2 atom stereocenters. The van der Waals surface area contributed by atoms with E-state index in [1.807, 2.05) is 24.3 Å². The van der Waals surface area contributed by atoms with E-state index in [2.05, 4.69) is 15.9 Å². The number of rotatable bonds is 3. The molecule has 2 aliphatic rings. The Kier molecular flexibility index (Phi) is 4.44. The third-order valence-electron chi connectivity index (χ3n) is 4.62. The molecule has 0 N–H and O–H groups in total. The van der Waals surface area contributed by atoms with Gasteiger partial charge in [0.1, 0.15) is 0 Å². The van der Waals surface area contributed by atoms with Gasteiger partial charge in [0.25, 0.3) is 0 Å². The van der Waals surface area contributed by atoms with Crippen LogP contribution in [0, 0.1) is 5.41 Å². The Labute approximate surface area is 142 Å². The van der Waals surface area contributed by atoms with Crippen LogP contribution in [-0.2, 0) is 23.9 Å². The van der Waals surface area contributed by atoms with Crippen molar-refractivity contribution in [2.75, 3.05) is 20.8 Å². The van der Waals surface area contributed by atoms with Gasteiger partial charge in [-0.3, -0.25) is 14.4 Å². The minimum Gasteiger partial charge on any atom is -0.468 e. The van der Waals surface area contributed by atoms with Crippen molar-refractivity contribution in [3.63, 3.8) is 0 Å². The van der Waals surface area contributed by atoms with Gasteiger partial charge in [-0.2, -0.15) is 5.06 Å². The van der Waals surface area contributed by atoms with Crippen molar-refractivity contribution in [3.05, 3.63) is 34.3 Å². The highest BCUT2D eigenvalue weighted by Gasteiger charge is 2.65. The summed E-state index contributed by atoms with van der Waals surface area (Å²) >= 11 is 3.40. The molecule has 0 saturated carbocycles. The summed E-state index contributed by atoms with van der Waals surface area (Å²) in [7, 11) is 2.58. The van der Waals surface area contributed by atoms with Crippen LogP contribution in [0.3, 0.4) is 0 Å². The average Bonchev–Trinajstić information content (AvgIpc) is 3.13. The lowest BCUT2D eigenvalue weighted by Crippen LogP contribution is -2.45. The zero-order valence-electron chi connectivity index (χ0n) is 13.0. The second-order valence-corrected chi connectivity index (χ2v) is 6.66. The molecule has 124 valence electrons. The van der Waals surface area contributed by atoms with Crippen LogP contribution in [0.1, 0.15) is 24.4 Å². The Balaban J connectivity index is 2.13. The summed E-state index contributed by atoms with van der Waals surface area (Å²) in [6.07, 6.45) is 1.09. The van der Waals surface area contributed by atoms with Gasteiger partial charge in [0.05, 0.1) is 26.9 Å². The monoisotopic (exact) mass is 383 g/mol. The van der Waals surface area contributed by atoms with E-state index in [0.717, 1.165) is 16.5 Å². The Bertz CT molecular complexity index is 601. The number of benzene rings is 1. The van der Waals surface area contributed by atoms with E-state index >= 15 is 0 Å². The summed E-state index contributed by atoms with van der Waals surface area (Å²) in [6.45, 7) is 0.579. The average molecular weight is 384 g/mol. The molecule has 7 heteroatoms. The maximum atomic E-state index is 12.6. The standard InChI is InChI=1S/C16H18BrNO5/c1-21-14(19)16(15(20)22-2)9-12-7-8-23-18(12)13(16)10-3-5-11(17)6-4-10/h3-6,12-13H,7-9H2,1-2H3/t12-,13+/m0/s1. The lowest BCUT2D eigenvalue weighted by atomic mass is 9.76. The van der Waals surface area contributed by atoms with E-state index < -0.39 is 23.4 Å². The predicted octanol–water partition coefficient (Wildman–Crippen LogP) is 2.23. The van der Waals surface area contributed by atoms with Crippen LogP contribution >= 0.6 is 15.9 Å². The Morgan fingerprint density at radius 2 is 1.83 bits per heavy atom. The molecular formula is C16H18BrNO5. The van der Waals surface area contributed by atoms with Crippen molar-refractivity contribution in [1.29, 1.82) is 0 Å². The zero-order chi connectivity index (χ0) is 16.6.